The van der Waals surface area contributed by atoms with Crippen molar-refractivity contribution in [3.63, 3.8) is 0 Å². The molecule has 0 N–H and O–H groups in total. The SMILES string of the molecule is C[Si](C)(C)C[n+]1ccccc1.[I-]. The van der Waals surface area contributed by atoms with E-state index in [0.29, 0.717) is 0 Å². The van der Waals surface area contributed by atoms with Gasteiger partial charge in [-0.05, 0) is 0 Å². The summed E-state index contributed by atoms with van der Waals surface area (Å²) in [6, 6.07) is 6.22. The molecule has 12 heavy (non-hydrogen) atoms. The maximum atomic E-state index is 2.38. The van der Waals surface area contributed by atoms with Crippen LogP contribution in [0.4, 0.5) is 0 Å². The molecule has 0 aromatic carbocycles. The lowest BCUT2D eigenvalue weighted by atomic mass is 10.5. The Hall–Kier alpha value is 0.0969. The number of nitrogens with zero attached hydrogens (tertiary/aromatic N) is 1. The third kappa shape index (κ3) is 4.87. The molecule has 0 fully saturated rings. The molecule has 0 saturated heterocycles. The van der Waals surface area contributed by atoms with Crippen LogP contribution in [0.1, 0.15) is 0 Å². The summed E-state index contributed by atoms with van der Waals surface area (Å²) in [4.78, 5) is 0. The predicted molar refractivity (Wildman–Crippen MR) is 50.0 cm³/mol. The highest BCUT2D eigenvalue weighted by molar-refractivity contribution is 6.74. The molecule has 1 rings (SSSR count). The van der Waals surface area contributed by atoms with Crippen LogP contribution in [0.2, 0.25) is 19.6 Å². The first-order valence-electron chi connectivity index (χ1n) is 4.02. The molecule has 0 bridgehead atoms. The second-order valence-corrected chi connectivity index (χ2v) is 9.55. The van der Waals surface area contributed by atoms with Crippen molar-refractivity contribution < 1.29 is 28.5 Å². The number of aromatic nitrogens is 1. The molecule has 1 nitrogen and oxygen atoms in total. The van der Waals surface area contributed by atoms with Gasteiger partial charge < -0.3 is 24.0 Å². The first-order valence-corrected chi connectivity index (χ1v) is 7.73. The van der Waals surface area contributed by atoms with Gasteiger partial charge in [-0.25, -0.2) is 4.57 Å². The van der Waals surface area contributed by atoms with Crippen LogP contribution in [0.25, 0.3) is 0 Å². The largest absolute Gasteiger partial charge is 1.00 e. The molecule has 0 aliphatic carbocycles. The number of pyridine rings is 1. The van der Waals surface area contributed by atoms with Gasteiger partial charge in [-0.3, -0.25) is 0 Å². The Morgan fingerprint density at radius 2 is 1.50 bits per heavy atom. The van der Waals surface area contributed by atoms with E-state index in [9.17, 15) is 0 Å². The first-order chi connectivity index (χ1) is 5.08. The molecule has 3 heteroatoms. The molecule has 1 aromatic rings. The molecule has 0 amide bonds. The first kappa shape index (κ1) is 12.1. The van der Waals surface area contributed by atoms with Crippen molar-refractivity contribution in [2.24, 2.45) is 0 Å². The maximum Gasteiger partial charge on any atom is 0.168 e. The quantitative estimate of drug-likeness (QED) is 0.369. The van der Waals surface area contributed by atoms with Crippen molar-refractivity contribution in [2.45, 2.75) is 25.8 Å². The standard InChI is InChI=1S/C9H16NSi.HI/c1-11(2,3)9-10-7-5-4-6-8-10;/h4-8H,9H2,1-3H3;1H/q+1;/p-1. The molecular weight excluding hydrogens is 277 g/mol. The second-order valence-electron chi connectivity index (χ2n) is 4.11. The van der Waals surface area contributed by atoms with Gasteiger partial charge in [-0.2, -0.15) is 0 Å². The zero-order valence-corrected chi connectivity index (χ0v) is 11.1. The van der Waals surface area contributed by atoms with Crippen molar-refractivity contribution in [3.05, 3.63) is 30.6 Å². The van der Waals surface area contributed by atoms with Crippen molar-refractivity contribution in [3.8, 4) is 0 Å². The summed E-state index contributed by atoms with van der Waals surface area (Å²) in [6.07, 6.45) is 5.49. The van der Waals surface area contributed by atoms with Crippen LogP contribution in [-0.4, -0.2) is 8.07 Å². The molecule has 68 valence electrons. The van der Waals surface area contributed by atoms with Crippen molar-refractivity contribution >= 4 is 8.07 Å². The van der Waals surface area contributed by atoms with Gasteiger partial charge in [-0.15, -0.1) is 0 Å². The average molecular weight is 293 g/mol. The highest BCUT2D eigenvalue weighted by atomic mass is 127. The number of hydrogen-bond donors (Lipinski definition) is 0. The predicted octanol–water partition coefficient (Wildman–Crippen LogP) is -1.14. The van der Waals surface area contributed by atoms with Gasteiger partial charge >= 0.3 is 0 Å². The Kier molecular flexibility index (Phi) is 5.00. The van der Waals surface area contributed by atoms with Crippen LogP contribution in [0, 0.1) is 0 Å². The summed E-state index contributed by atoms with van der Waals surface area (Å²) in [5, 5.41) is 0. The highest BCUT2D eigenvalue weighted by Crippen LogP contribution is 1.98. The van der Waals surface area contributed by atoms with Gasteiger partial charge in [0.2, 0.25) is 0 Å². The Labute approximate surface area is 92.8 Å². The minimum atomic E-state index is -0.935. The maximum absolute atomic E-state index is 2.38. The van der Waals surface area contributed by atoms with Gasteiger partial charge in [0.25, 0.3) is 0 Å². The fourth-order valence-electron chi connectivity index (χ4n) is 1.09. The zero-order valence-electron chi connectivity index (χ0n) is 7.92. The molecule has 1 aromatic heterocycles. The van der Waals surface area contributed by atoms with E-state index in [1.807, 2.05) is 0 Å². The van der Waals surface area contributed by atoms with E-state index in [0.717, 1.165) is 0 Å². The average Bonchev–Trinajstić information content (AvgIpc) is 1.85. The monoisotopic (exact) mass is 293 g/mol. The third-order valence-electron chi connectivity index (χ3n) is 1.43. The van der Waals surface area contributed by atoms with Gasteiger partial charge in [0.05, 0.1) is 0 Å². The van der Waals surface area contributed by atoms with E-state index in [2.05, 4.69) is 54.8 Å². The lowest BCUT2D eigenvalue weighted by Gasteiger charge is -2.09. The van der Waals surface area contributed by atoms with E-state index < -0.39 is 8.07 Å². The van der Waals surface area contributed by atoms with E-state index >= 15 is 0 Å². The van der Waals surface area contributed by atoms with Crippen LogP contribution in [0.3, 0.4) is 0 Å². The molecule has 0 saturated carbocycles. The summed E-state index contributed by atoms with van der Waals surface area (Å²) >= 11 is 0. The van der Waals surface area contributed by atoms with Crippen molar-refractivity contribution in [1.82, 2.24) is 0 Å². The summed E-state index contributed by atoms with van der Waals surface area (Å²) < 4.78 is 2.27. The molecule has 0 atom stereocenters. The molecule has 0 aliphatic rings. The fourth-order valence-corrected chi connectivity index (χ4v) is 2.39. The van der Waals surface area contributed by atoms with E-state index in [4.69, 9.17) is 0 Å². The lowest BCUT2D eigenvalue weighted by Crippen LogP contribution is -3.00. The summed E-state index contributed by atoms with van der Waals surface area (Å²) in [5.74, 6) is 0. The summed E-state index contributed by atoms with van der Waals surface area (Å²) in [7, 11) is -0.935. The molecule has 0 aliphatic heterocycles. The Balaban J connectivity index is 0.00000121. The second kappa shape index (κ2) is 4.96. The number of rotatable bonds is 2. The van der Waals surface area contributed by atoms with Crippen molar-refractivity contribution in [1.29, 1.82) is 0 Å². The molecule has 0 radical (unpaired) electrons. The van der Waals surface area contributed by atoms with Crippen LogP contribution in [-0.2, 0) is 6.17 Å². The summed E-state index contributed by atoms with van der Waals surface area (Å²) in [5.41, 5.74) is 0. The summed E-state index contributed by atoms with van der Waals surface area (Å²) in [6.45, 7) is 7.15. The number of halogens is 1. The Morgan fingerprint density at radius 1 is 1.00 bits per heavy atom. The lowest BCUT2D eigenvalue weighted by molar-refractivity contribution is -0.680. The van der Waals surface area contributed by atoms with Crippen LogP contribution in [0.5, 0.6) is 0 Å². The molecular formula is C9H16INSi. The van der Waals surface area contributed by atoms with E-state index in [1.165, 1.54) is 6.17 Å². The Bertz CT molecular complexity index is 218. The van der Waals surface area contributed by atoms with Gasteiger partial charge in [0, 0.05) is 12.1 Å². The fraction of sp³-hybridized carbons (Fsp3) is 0.444. The smallest absolute Gasteiger partial charge is 0.168 e. The van der Waals surface area contributed by atoms with E-state index in [-0.39, 0.29) is 24.0 Å². The van der Waals surface area contributed by atoms with Gasteiger partial charge in [0.1, 0.15) is 14.2 Å². The van der Waals surface area contributed by atoms with Crippen molar-refractivity contribution in [2.75, 3.05) is 0 Å². The Morgan fingerprint density at radius 3 is 1.92 bits per heavy atom. The third-order valence-corrected chi connectivity index (χ3v) is 2.75. The number of hydrogen-bond acceptors (Lipinski definition) is 0. The van der Waals surface area contributed by atoms with Gasteiger partial charge in [0.15, 0.2) is 12.4 Å². The molecule has 0 unspecified atom stereocenters. The van der Waals surface area contributed by atoms with Crippen LogP contribution in [0.15, 0.2) is 30.6 Å². The van der Waals surface area contributed by atoms with Gasteiger partial charge in [-0.1, -0.05) is 25.7 Å². The molecule has 1 heterocycles. The topological polar surface area (TPSA) is 3.88 Å². The van der Waals surface area contributed by atoms with E-state index in [1.54, 1.807) is 0 Å². The minimum absolute atomic E-state index is 0. The van der Waals surface area contributed by atoms with Crippen LogP contribution < -0.4 is 28.5 Å². The minimum Gasteiger partial charge on any atom is -1.00 e. The highest BCUT2D eigenvalue weighted by Gasteiger charge is 2.18. The van der Waals surface area contributed by atoms with Crippen LogP contribution >= 0.6 is 0 Å². The zero-order chi connectivity index (χ0) is 8.32. The normalized spacial score (nSPS) is 10.6. The molecule has 0 spiro atoms.